The lowest BCUT2D eigenvalue weighted by molar-refractivity contribution is 0.0418. The number of hydrogen-bond donors (Lipinski definition) is 2. The van der Waals surface area contributed by atoms with Gasteiger partial charge in [0.15, 0.2) is 0 Å². The van der Waals surface area contributed by atoms with Crippen molar-refractivity contribution in [2.45, 2.75) is 18.4 Å². The highest BCUT2D eigenvalue weighted by atomic mass is 19.1. The Hall–Kier alpha value is -2.60. The fourth-order valence-electron chi connectivity index (χ4n) is 3.03. The molecule has 0 radical (unpaired) electrons. The summed E-state index contributed by atoms with van der Waals surface area (Å²) in [5, 5.41) is 5.89. The molecule has 6 heteroatoms. The van der Waals surface area contributed by atoms with Crippen molar-refractivity contribution < 1.29 is 18.7 Å². The molecule has 0 unspecified atom stereocenters. The Morgan fingerprint density at radius 2 is 1.72 bits per heavy atom. The maximum absolute atomic E-state index is 13.3. The van der Waals surface area contributed by atoms with E-state index < -0.39 is 5.54 Å². The van der Waals surface area contributed by atoms with Crippen molar-refractivity contribution in [3.8, 4) is 5.75 Å². The van der Waals surface area contributed by atoms with E-state index in [4.69, 9.17) is 9.47 Å². The molecule has 25 heavy (non-hydrogen) atoms. The monoisotopic (exact) mass is 344 g/mol. The molecule has 2 N–H and O–H groups in total. The number of hydrogen-bond acceptors (Lipinski definition) is 3. The van der Waals surface area contributed by atoms with Crippen LogP contribution in [0.2, 0.25) is 0 Å². The maximum atomic E-state index is 13.3. The number of carbonyl (C=O) groups excluding carboxylic acids is 1. The molecule has 1 aliphatic rings. The Morgan fingerprint density at radius 3 is 2.32 bits per heavy atom. The number of nitrogens with one attached hydrogen (secondary N) is 2. The molecule has 1 aliphatic heterocycles. The first-order chi connectivity index (χ1) is 12.1. The molecule has 0 spiro atoms. The number of halogens is 1. The second-order valence-corrected chi connectivity index (χ2v) is 6.01. The highest BCUT2D eigenvalue weighted by Crippen LogP contribution is 2.32. The van der Waals surface area contributed by atoms with E-state index in [0.29, 0.717) is 31.7 Å². The van der Waals surface area contributed by atoms with Crippen LogP contribution in [-0.2, 0) is 10.3 Å². The van der Waals surface area contributed by atoms with E-state index in [-0.39, 0.29) is 11.8 Å². The summed E-state index contributed by atoms with van der Waals surface area (Å²) in [6, 6.07) is 13.0. The normalized spacial score (nSPS) is 16.1. The van der Waals surface area contributed by atoms with Gasteiger partial charge in [0.05, 0.1) is 12.6 Å². The van der Waals surface area contributed by atoms with Gasteiger partial charge in [0.25, 0.3) is 0 Å². The first kappa shape index (κ1) is 17.2. The zero-order chi connectivity index (χ0) is 17.7. The van der Waals surface area contributed by atoms with Crippen LogP contribution >= 0.6 is 0 Å². The van der Waals surface area contributed by atoms with Gasteiger partial charge in [0, 0.05) is 18.9 Å². The lowest BCUT2D eigenvalue weighted by Gasteiger charge is -2.38. The minimum absolute atomic E-state index is 0.298. The summed E-state index contributed by atoms with van der Waals surface area (Å²) < 4.78 is 23.8. The molecule has 1 heterocycles. The van der Waals surface area contributed by atoms with Crippen LogP contribution in [0.3, 0.4) is 0 Å². The number of ether oxygens (including phenoxy) is 2. The van der Waals surface area contributed by atoms with Gasteiger partial charge < -0.3 is 20.1 Å². The molecule has 132 valence electrons. The number of benzene rings is 2. The summed E-state index contributed by atoms with van der Waals surface area (Å²) in [7, 11) is 1.59. The van der Waals surface area contributed by atoms with E-state index >= 15 is 0 Å². The summed E-state index contributed by atoms with van der Waals surface area (Å²) in [4.78, 5) is 12.5. The van der Waals surface area contributed by atoms with Gasteiger partial charge in [-0.1, -0.05) is 12.1 Å². The summed E-state index contributed by atoms with van der Waals surface area (Å²) >= 11 is 0. The van der Waals surface area contributed by atoms with Crippen LogP contribution in [0.5, 0.6) is 5.75 Å². The Labute approximate surface area is 146 Å². The summed E-state index contributed by atoms with van der Waals surface area (Å²) in [6.07, 6.45) is 1.27. The van der Waals surface area contributed by atoms with Gasteiger partial charge in [0.2, 0.25) is 0 Å². The number of urea groups is 1. The third kappa shape index (κ3) is 4.09. The van der Waals surface area contributed by atoms with Crippen molar-refractivity contribution in [1.82, 2.24) is 5.32 Å². The summed E-state index contributed by atoms with van der Waals surface area (Å²) in [5.41, 5.74) is 0.976. The van der Waals surface area contributed by atoms with Gasteiger partial charge in [-0.25, -0.2) is 9.18 Å². The van der Waals surface area contributed by atoms with Gasteiger partial charge >= 0.3 is 6.03 Å². The van der Waals surface area contributed by atoms with Crippen LogP contribution in [0.1, 0.15) is 18.4 Å². The average Bonchev–Trinajstić information content (AvgIpc) is 2.63. The van der Waals surface area contributed by atoms with Gasteiger partial charge in [-0.05, 0) is 54.8 Å². The van der Waals surface area contributed by atoms with E-state index in [2.05, 4.69) is 10.6 Å². The first-order valence-corrected chi connectivity index (χ1v) is 8.18. The number of methoxy groups -OCH3 is 1. The fourth-order valence-corrected chi connectivity index (χ4v) is 3.03. The molecule has 3 rings (SSSR count). The van der Waals surface area contributed by atoms with Crippen molar-refractivity contribution in [1.29, 1.82) is 0 Å². The van der Waals surface area contributed by atoms with E-state index in [1.807, 2.05) is 0 Å². The number of rotatable bonds is 4. The second kappa shape index (κ2) is 7.53. The average molecular weight is 344 g/mol. The predicted octanol–water partition coefficient (Wildman–Crippen LogP) is 3.66. The van der Waals surface area contributed by atoms with Crippen molar-refractivity contribution >= 4 is 11.7 Å². The Bertz CT molecular complexity index is 710. The molecule has 0 aromatic heterocycles. The number of anilines is 1. The van der Waals surface area contributed by atoms with Crippen LogP contribution < -0.4 is 15.4 Å². The lowest BCUT2D eigenvalue weighted by Crippen LogP contribution is -2.50. The molecule has 1 saturated heterocycles. The molecule has 2 aromatic rings. The highest BCUT2D eigenvalue weighted by molar-refractivity contribution is 5.90. The molecule has 0 saturated carbocycles. The van der Waals surface area contributed by atoms with Gasteiger partial charge in [-0.3, -0.25) is 0 Å². The molecular formula is C19H21FN2O3. The molecule has 0 aliphatic carbocycles. The van der Waals surface area contributed by atoms with Gasteiger partial charge in [-0.2, -0.15) is 0 Å². The summed E-state index contributed by atoms with van der Waals surface area (Å²) in [5.74, 6) is 0.423. The molecule has 5 nitrogen and oxygen atoms in total. The van der Waals surface area contributed by atoms with Crippen LogP contribution in [0.4, 0.5) is 14.9 Å². The zero-order valence-corrected chi connectivity index (χ0v) is 14.0. The Morgan fingerprint density at radius 1 is 1.08 bits per heavy atom. The van der Waals surface area contributed by atoms with Crippen molar-refractivity contribution in [2.24, 2.45) is 0 Å². The molecule has 2 amide bonds. The third-order valence-electron chi connectivity index (χ3n) is 4.44. The lowest BCUT2D eigenvalue weighted by atomic mass is 9.83. The minimum atomic E-state index is -0.567. The molecule has 1 fully saturated rings. The fraction of sp³-hybridized carbons (Fsp3) is 0.316. The van der Waals surface area contributed by atoms with E-state index in [1.165, 1.54) is 12.1 Å². The summed E-state index contributed by atoms with van der Waals surface area (Å²) in [6.45, 7) is 1.08. The van der Waals surface area contributed by atoms with Crippen LogP contribution in [0, 0.1) is 5.82 Å². The van der Waals surface area contributed by atoms with Crippen molar-refractivity contribution in [3.63, 3.8) is 0 Å². The smallest absolute Gasteiger partial charge is 0.319 e. The van der Waals surface area contributed by atoms with Crippen LogP contribution in [0.15, 0.2) is 48.5 Å². The molecule has 0 bridgehead atoms. The van der Waals surface area contributed by atoms with Crippen LogP contribution in [0.25, 0.3) is 0 Å². The standard InChI is InChI=1S/C19H21FN2O3/c1-24-17-8-6-16(7-9-17)21-18(23)22-19(10-12-25-13-11-19)14-2-4-15(20)5-3-14/h2-9H,10-13H2,1H3,(H2,21,22,23). The quantitative estimate of drug-likeness (QED) is 0.890. The van der Waals surface area contributed by atoms with E-state index in [1.54, 1.807) is 43.5 Å². The number of carbonyl (C=O) groups is 1. The second-order valence-electron chi connectivity index (χ2n) is 6.01. The van der Waals surface area contributed by atoms with Crippen molar-refractivity contribution in [2.75, 3.05) is 25.6 Å². The van der Waals surface area contributed by atoms with Gasteiger partial charge in [-0.15, -0.1) is 0 Å². The van der Waals surface area contributed by atoms with Crippen molar-refractivity contribution in [3.05, 3.63) is 59.9 Å². The topological polar surface area (TPSA) is 59.6 Å². The first-order valence-electron chi connectivity index (χ1n) is 8.18. The van der Waals surface area contributed by atoms with E-state index in [0.717, 1.165) is 11.3 Å². The molecular weight excluding hydrogens is 323 g/mol. The predicted molar refractivity (Wildman–Crippen MR) is 93.3 cm³/mol. The van der Waals surface area contributed by atoms with E-state index in [9.17, 15) is 9.18 Å². The number of amides is 2. The third-order valence-corrected chi connectivity index (χ3v) is 4.44. The minimum Gasteiger partial charge on any atom is -0.497 e. The molecule has 2 aromatic carbocycles. The molecule has 0 atom stereocenters. The maximum Gasteiger partial charge on any atom is 0.319 e. The zero-order valence-electron chi connectivity index (χ0n) is 14.0. The largest absolute Gasteiger partial charge is 0.497 e. The van der Waals surface area contributed by atoms with Gasteiger partial charge in [0.1, 0.15) is 11.6 Å². The highest BCUT2D eigenvalue weighted by Gasteiger charge is 2.36. The Balaban J connectivity index is 1.75. The SMILES string of the molecule is COc1ccc(NC(=O)NC2(c3ccc(F)cc3)CCOCC2)cc1. The van der Waals surface area contributed by atoms with Crippen LogP contribution in [-0.4, -0.2) is 26.4 Å². The Kier molecular flexibility index (Phi) is 5.19.